The first-order chi connectivity index (χ1) is 13.5. The van der Waals surface area contributed by atoms with Gasteiger partial charge >= 0.3 is 0 Å². The molecule has 2 aliphatic rings. The number of hydrogen-bond acceptors (Lipinski definition) is 8. The summed E-state index contributed by atoms with van der Waals surface area (Å²) >= 11 is 1.28. The van der Waals surface area contributed by atoms with E-state index in [0.29, 0.717) is 32.8 Å². The van der Waals surface area contributed by atoms with Crippen molar-refractivity contribution in [2.75, 3.05) is 13.4 Å². The number of non-ortho nitro benzene ring substituents is 1. The van der Waals surface area contributed by atoms with Gasteiger partial charge in [-0.05, 0) is 18.4 Å². The number of hydrazone groups is 1. The Balaban J connectivity index is 2.01. The molecule has 28 heavy (non-hydrogen) atoms. The fraction of sp³-hybridized carbons (Fsp3) is 0.167. The van der Waals surface area contributed by atoms with E-state index in [-0.39, 0.29) is 11.6 Å². The van der Waals surface area contributed by atoms with E-state index in [2.05, 4.69) is 10.4 Å². The largest absolute Gasteiger partial charge is 0.496 e. The molecule has 4 rings (SSSR count). The third-order valence-electron chi connectivity index (χ3n) is 4.41. The number of thioether (sulfide) groups is 1. The Morgan fingerprint density at radius 2 is 2.07 bits per heavy atom. The molecule has 2 aromatic rings. The average molecular weight is 397 g/mol. The zero-order valence-electron chi connectivity index (χ0n) is 14.9. The number of para-hydroxylation sites is 1. The van der Waals surface area contributed by atoms with Gasteiger partial charge in [0.05, 0.1) is 17.4 Å². The molecule has 0 fully saturated rings. The van der Waals surface area contributed by atoms with Gasteiger partial charge in [0, 0.05) is 22.9 Å². The van der Waals surface area contributed by atoms with E-state index in [1.54, 1.807) is 18.4 Å². The van der Waals surface area contributed by atoms with Crippen LogP contribution in [0.1, 0.15) is 11.7 Å². The highest BCUT2D eigenvalue weighted by Crippen LogP contribution is 2.37. The number of nitrogens with one attached hydrogen (secondary N) is 1. The molecule has 0 saturated carbocycles. The normalized spacial score (nSPS) is 17.7. The van der Waals surface area contributed by atoms with Crippen molar-refractivity contribution < 1.29 is 14.5 Å². The molecule has 2 heterocycles. The number of carbonyl (C=O) groups excluding carboxylic acids is 1. The average Bonchev–Trinajstić information content (AvgIpc) is 2.72. The zero-order valence-corrected chi connectivity index (χ0v) is 15.8. The first-order valence-electron chi connectivity index (χ1n) is 8.26. The number of nitro benzene ring substituents is 1. The van der Waals surface area contributed by atoms with Crippen LogP contribution >= 0.6 is 11.8 Å². The highest BCUT2D eigenvalue weighted by atomic mass is 32.2. The molecule has 10 heteroatoms. The van der Waals surface area contributed by atoms with Crippen molar-refractivity contribution in [2.45, 2.75) is 6.17 Å². The Morgan fingerprint density at radius 1 is 1.29 bits per heavy atom. The second-order valence-electron chi connectivity index (χ2n) is 5.96. The maximum Gasteiger partial charge on any atom is 0.276 e. The van der Waals surface area contributed by atoms with Gasteiger partial charge in [-0.1, -0.05) is 30.0 Å². The number of carbonyl (C=O) groups is 1. The lowest BCUT2D eigenvalue weighted by Gasteiger charge is -2.34. The minimum Gasteiger partial charge on any atom is -0.496 e. The fourth-order valence-corrected chi connectivity index (χ4v) is 3.52. The lowest BCUT2D eigenvalue weighted by atomic mass is 10.1. The first-order valence-corrected chi connectivity index (χ1v) is 9.48. The lowest BCUT2D eigenvalue weighted by molar-refractivity contribution is -0.385. The van der Waals surface area contributed by atoms with Crippen LogP contribution in [0.15, 0.2) is 52.6 Å². The van der Waals surface area contributed by atoms with Crippen LogP contribution in [0.4, 0.5) is 5.69 Å². The third kappa shape index (κ3) is 2.87. The highest BCUT2D eigenvalue weighted by molar-refractivity contribution is 8.13. The van der Waals surface area contributed by atoms with Crippen molar-refractivity contribution >= 4 is 34.2 Å². The van der Waals surface area contributed by atoms with Crippen LogP contribution in [0, 0.1) is 10.1 Å². The standard InChI is InChI=1S/C18H15N5O4S/c1-27-14-8-7-10(23(25)26)9-12(14)16-19-13-6-4-3-5-11(13)15-17(24)20-18(28-2)21-22(15)16/h3-9,16H,1-2H3,(H,20,21,24)/t16-/m0/s1. The number of amidine groups is 1. The monoisotopic (exact) mass is 397 g/mol. The number of rotatable bonds is 3. The van der Waals surface area contributed by atoms with Gasteiger partial charge in [0.15, 0.2) is 11.3 Å². The molecule has 1 amide bonds. The number of hydrogen-bond donors (Lipinski definition) is 1. The molecule has 0 bridgehead atoms. The van der Waals surface area contributed by atoms with Crippen LogP contribution in [0.3, 0.4) is 0 Å². The van der Waals surface area contributed by atoms with Gasteiger partial charge in [0.2, 0.25) is 0 Å². The number of benzene rings is 2. The van der Waals surface area contributed by atoms with E-state index < -0.39 is 11.1 Å². The van der Waals surface area contributed by atoms with Gasteiger partial charge in [-0.15, -0.1) is 5.10 Å². The maximum atomic E-state index is 12.8. The molecule has 142 valence electrons. The Morgan fingerprint density at radius 3 is 2.79 bits per heavy atom. The molecule has 0 aliphatic carbocycles. The Bertz CT molecular complexity index is 1150. The van der Waals surface area contributed by atoms with E-state index in [9.17, 15) is 14.9 Å². The molecule has 2 aromatic carbocycles. The second kappa shape index (κ2) is 6.97. The molecule has 9 nitrogen and oxygen atoms in total. The van der Waals surface area contributed by atoms with E-state index in [4.69, 9.17) is 9.73 Å². The predicted molar refractivity (Wildman–Crippen MR) is 104 cm³/mol. The van der Waals surface area contributed by atoms with Crippen LogP contribution < -0.4 is 20.6 Å². The number of nitro groups is 1. The Hall–Kier alpha value is -3.40. The molecule has 0 spiro atoms. The zero-order chi connectivity index (χ0) is 19.8. The van der Waals surface area contributed by atoms with Crippen LogP contribution in [0.5, 0.6) is 5.75 Å². The van der Waals surface area contributed by atoms with Crippen LogP contribution in [-0.4, -0.2) is 34.4 Å². The Labute approximate surface area is 163 Å². The van der Waals surface area contributed by atoms with Crippen molar-refractivity contribution in [1.82, 2.24) is 10.3 Å². The van der Waals surface area contributed by atoms with Crippen LogP contribution in [0.25, 0.3) is 5.70 Å². The second-order valence-corrected chi connectivity index (χ2v) is 6.75. The van der Waals surface area contributed by atoms with Gasteiger partial charge in [0.25, 0.3) is 11.6 Å². The molecular formula is C18H15N5O4S. The molecule has 0 radical (unpaired) electrons. The summed E-state index contributed by atoms with van der Waals surface area (Å²) in [7, 11) is 1.48. The number of amides is 1. The van der Waals surface area contributed by atoms with E-state index in [1.807, 2.05) is 12.1 Å². The first kappa shape index (κ1) is 18.0. The summed E-state index contributed by atoms with van der Waals surface area (Å²) < 4.78 is 5.41. The summed E-state index contributed by atoms with van der Waals surface area (Å²) in [5.74, 6) is 0.112. The summed E-state index contributed by atoms with van der Waals surface area (Å²) in [5, 5.41) is 21.7. The lowest BCUT2D eigenvalue weighted by Crippen LogP contribution is -2.50. The quantitative estimate of drug-likeness (QED) is 0.614. The van der Waals surface area contributed by atoms with Gasteiger partial charge in [-0.25, -0.2) is 5.01 Å². The van der Waals surface area contributed by atoms with Gasteiger partial charge in [-0.2, -0.15) is 0 Å². The molecule has 1 N–H and O–H groups in total. The smallest absolute Gasteiger partial charge is 0.276 e. The van der Waals surface area contributed by atoms with E-state index in [1.165, 1.54) is 42.1 Å². The van der Waals surface area contributed by atoms with Crippen LogP contribution in [-0.2, 0) is 4.79 Å². The molecular weight excluding hydrogens is 382 g/mol. The summed E-state index contributed by atoms with van der Waals surface area (Å²) in [5.41, 5.74) is 0.687. The third-order valence-corrected chi connectivity index (χ3v) is 4.98. The van der Waals surface area contributed by atoms with E-state index in [0.717, 1.165) is 0 Å². The van der Waals surface area contributed by atoms with Crippen molar-refractivity contribution in [3.8, 4) is 5.75 Å². The molecule has 0 saturated heterocycles. The maximum absolute atomic E-state index is 12.8. The van der Waals surface area contributed by atoms with Gasteiger partial charge in [-0.3, -0.25) is 25.2 Å². The predicted octanol–water partition coefficient (Wildman–Crippen LogP) is 1.11. The molecule has 1 atom stereocenters. The summed E-state index contributed by atoms with van der Waals surface area (Å²) in [4.78, 5) is 28.3. The van der Waals surface area contributed by atoms with Crippen molar-refractivity contribution in [3.63, 3.8) is 0 Å². The van der Waals surface area contributed by atoms with Crippen molar-refractivity contribution in [2.24, 2.45) is 10.1 Å². The summed E-state index contributed by atoms with van der Waals surface area (Å²) in [6.07, 6.45) is 1.01. The fourth-order valence-electron chi connectivity index (χ4n) is 3.16. The van der Waals surface area contributed by atoms with E-state index >= 15 is 0 Å². The van der Waals surface area contributed by atoms with Gasteiger partial charge < -0.3 is 4.74 Å². The SMILES string of the molecule is COc1ccc([N+](=O)[O-])cc1[C@H]1N=c2ccccc2=C2C(=O)NC(SC)=NN21. The molecule has 2 aliphatic heterocycles. The summed E-state index contributed by atoms with van der Waals surface area (Å²) in [6, 6.07) is 11.5. The molecule has 0 unspecified atom stereocenters. The Kier molecular flexibility index (Phi) is 4.47. The molecule has 0 aromatic heterocycles. The van der Waals surface area contributed by atoms with Crippen molar-refractivity contribution in [3.05, 3.63) is 68.7 Å². The van der Waals surface area contributed by atoms with Crippen molar-refractivity contribution in [1.29, 1.82) is 0 Å². The number of fused-ring (bicyclic) bond motifs is 2. The topological polar surface area (TPSA) is 109 Å². The minimum atomic E-state index is -0.784. The van der Waals surface area contributed by atoms with Crippen LogP contribution in [0.2, 0.25) is 0 Å². The minimum absolute atomic E-state index is 0.0954. The summed E-state index contributed by atoms with van der Waals surface area (Å²) in [6.45, 7) is 0. The number of methoxy groups -OCH3 is 1. The number of ether oxygens (including phenoxy) is 1. The number of nitrogens with zero attached hydrogens (tertiary/aromatic N) is 4. The van der Waals surface area contributed by atoms with Gasteiger partial charge in [0.1, 0.15) is 11.4 Å². The highest BCUT2D eigenvalue weighted by Gasteiger charge is 2.36.